The van der Waals surface area contributed by atoms with Gasteiger partial charge in [0.25, 0.3) is 0 Å². The molecular formula is C14H21NO2. The molecule has 1 aromatic carbocycles. The predicted molar refractivity (Wildman–Crippen MR) is 69.4 cm³/mol. The van der Waals surface area contributed by atoms with E-state index in [2.05, 4.69) is 36.1 Å². The lowest BCUT2D eigenvalue weighted by molar-refractivity contribution is 0.0970. The van der Waals surface area contributed by atoms with E-state index in [1.165, 1.54) is 5.56 Å². The first kappa shape index (κ1) is 12.4. The quantitative estimate of drug-likeness (QED) is 0.864. The molecule has 94 valence electrons. The van der Waals surface area contributed by atoms with Crippen molar-refractivity contribution in [3.05, 3.63) is 29.8 Å². The van der Waals surface area contributed by atoms with E-state index >= 15 is 0 Å². The van der Waals surface area contributed by atoms with Gasteiger partial charge in [-0.25, -0.2) is 0 Å². The third kappa shape index (κ3) is 3.20. The molecule has 1 N–H and O–H groups in total. The Morgan fingerprint density at radius 3 is 2.71 bits per heavy atom. The molecule has 17 heavy (non-hydrogen) atoms. The molecule has 0 amide bonds. The van der Waals surface area contributed by atoms with Gasteiger partial charge in [-0.2, -0.15) is 0 Å². The van der Waals surface area contributed by atoms with Crippen LogP contribution < -0.4 is 4.90 Å². The molecule has 0 bridgehead atoms. The highest BCUT2D eigenvalue weighted by Gasteiger charge is 2.24. The summed E-state index contributed by atoms with van der Waals surface area (Å²) in [5, 5.41) is 10.1. The Balaban J connectivity index is 1.91. The van der Waals surface area contributed by atoms with E-state index in [1.807, 2.05) is 7.05 Å². The first-order valence-corrected chi connectivity index (χ1v) is 6.20. The van der Waals surface area contributed by atoms with Crippen molar-refractivity contribution in [2.45, 2.75) is 19.4 Å². The van der Waals surface area contributed by atoms with Crippen molar-refractivity contribution < 1.29 is 9.84 Å². The normalized spacial score (nSPS) is 21.5. The molecule has 1 saturated heterocycles. The van der Waals surface area contributed by atoms with Crippen LogP contribution in [0.3, 0.4) is 0 Å². The molecule has 1 aliphatic rings. The smallest absolute Gasteiger partial charge is 0.0765 e. The Bertz CT molecular complexity index is 344. The van der Waals surface area contributed by atoms with Crippen LogP contribution in [0.2, 0.25) is 0 Å². The molecule has 3 nitrogen and oxygen atoms in total. The zero-order chi connectivity index (χ0) is 12.3. The zero-order valence-electron chi connectivity index (χ0n) is 10.6. The molecule has 1 fully saturated rings. The fourth-order valence-electron chi connectivity index (χ4n) is 2.19. The van der Waals surface area contributed by atoms with Gasteiger partial charge in [0.1, 0.15) is 0 Å². The summed E-state index contributed by atoms with van der Waals surface area (Å²) in [5.74, 6) is 0.294. The Hall–Kier alpha value is -1.06. The van der Waals surface area contributed by atoms with Crippen molar-refractivity contribution in [3.63, 3.8) is 0 Å². The second-order valence-electron chi connectivity index (χ2n) is 4.91. The summed E-state index contributed by atoms with van der Waals surface area (Å²) in [5.41, 5.74) is 2.40. The van der Waals surface area contributed by atoms with E-state index in [4.69, 9.17) is 4.74 Å². The van der Waals surface area contributed by atoms with Crippen LogP contribution >= 0.6 is 0 Å². The fraction of sp³-hybridized carbons (Fsp3) is 0.571. The van der Waals surface area contributed by atoms with Crippen molar-refractivity contribution in [1.29, 1.82) is 0 Å². The van der Waals surface area contributed by atoms with Gasteiger partial charge in [-0.3, -0.25) is 0 Å². The molecule has 3 heteroatoms. The first-order valence-electron chi connectivity index (χ1n) is 6.20. The molecule has 0 aromatic heterocycles. The molecule has 2 unspecified atom stereocenters. The summed E-state index contributed by atoms with van der Waals surface area (Å²) in [4.78, 5) is 2.10. The predicted octanol–water partition coefficient (Wildman–Crippen LogP) is 1.83. The summed E-state index contributed by atoms with van der Waals surface area (Å²) < 4.78 is 5.30. The molecule has 1 aliphatic heterocycles. The van der Waals surface area contributed by atoms with Crippen LogP contribution in [-0.4, -0.2) is 38.0 Å². The Kier molecular flexibility index (Phi) is 4.02. The average molecular weight is 235 g/mol. The van der Waals surface area contributed by atoms with Crippen molar-refractivity contribution >= 4 is 5.69 Å². The van der Waals surface area contributed by atoms with E-state index in [1.54, 1.807) is 0 Å². The molecule has 1 aromatic rings. The summed E-state index contributed by atoms with van der Waals surface area (Å²) in [7, 11) is 2.02. The summed E-state index contributed by atoms with van der Waals surface area (Å²) in [6.45, 7) is 4.23. The number of nitrogens with zero attached hydrogens (tertiary/aromatic N) is 1. The number of hydrogen-bond acceptors (Lipinski definition) is 3. The molecule has 1 heterocycles. The maximum Gasteiger partial charge on any atom is 0.0765 e. The van der Waals surface area contributed by atoms with Gasteiger partial charge in [0.05, 0.1) is 12.7 Å². The number of likely N-dealkylation sites (N-methyl/N-ethyl adjacent to an activating group) is 1. The van der Waals surface area contributed by atoms with Crippen molar-refractivity contribution in [3.8, 4) is 0 Å². The van der Waals surface area contributed by atoms with Crippen molar-refractivity contribution in [1.82, 2.24) is 0 Å². The molecule has 0 saturated carbocycles. The monoisotopic (exact) mass is 235 g/mol. The molecule has 2 atom stereocenters. The van der Waals surface area contributed by atoms with Crippen LogP contribution in [0, 0.1) is 12.8 Å². The number of aliphatic hydroxyl groups excluding tert-OH is 1. The van der Waals surface area contributed by atoms with Crippen LogP contribution in [0.5, 0.6) is 0 Å². The summed E-state index contributed by atoms with van der Waals surface area (Å²) in [6, 6.07) is 8.37. The Morgan fingerprint density at radius 1 is 1.41 bits per heavy atom. The van der Waals surface area contributed by atoms with Gasteiger partial charge in [0.2, 0.25) is 0 Å². The standard InChI is InChI=1S/C14H21NO2/c1-11-3-5-13(6-4-11)15(2)9-14(16)12-7-8-17-10-12/h3-6,12,14,16H,7-10H2,1-2H3. The minimum Gasteiger partial charge on any atom is -0.391 e. The lowest BCUT2D eigenvalue weighted by Crippen LogP contribution is -2.34. The van der Waals surface area contributed by atoms with E-state index in [0.29, 0.717) is 19.1 Å². The second kappa shape index (κ2) is 5.52. The van der Waals surface area contributed by atoms with Crippen LogP contribution in [0.15, 0.2) is 24.3 Å². The van der Waals surface area contributed by atoms with Gasteiger partial charge in [-0.1, -0.05) is 17.7 Å². The van der Waals surface area contributed by atoms with E-state index < -0.39 is 0 Å². The summed E-state index contributed by atoms with van der Waals surface area (Å²) >= 11 is 0. The zero-order valence-corrected chi connectivity index (χ0v) is 10.6. The Labute approximate surface area is 103 Å². The van der Waals surface area contributed by atoms with Crippen molar-refractivity contribution in [2.24, 2.45) is 5.92 Å². The topological polar surface area (TPSA) is 32.7 Å². The van der Waals surface area contributed by atoms with Crippen molar-refractivity contribution in [2.75, 3.05) is 31.7 Å². The number of benzene rings is 1. The van der Waals surface area contributed by atoms with Crippen LogP contribution in [0.1, 0.15) is 12.0 Å². The van der Waals surface area contributed by atoms with Crippen LogP contribution in [-0.2, 0) is 4.74 Å². The number of ether oxygens (including phenoxy) is 1. The van der Waals surface area contributed by atoms with E-state index in [0.717, 1.165) is 18.7 Å². The van der Waals surface area contributed by atoms with Gasteiger partial charge in [-0.15, -0.1) is 0 Å². The second-order valence-corrected chi connectivity index (χ2v) is 4.91. The van der Waals surface area contributed by atoms with E-state index in [9.17, 15) is 5.11 Å². The largest absolute Gasteiger partial charge is 0.391 e. The SMILES string of the molecule is Cc1ccc(N(C)CC(O)C2CCOC2)cc1. The lowest BCUT2D eigenvalue weighted by atomic mass is 10.0. The number of aliphatic hydroxyl groups is 1. The number of anilines is 1. The molecule has 2 rings (SSSR count). The Morgan fingerprint density at radius 2 is 2.12 bits per heavy atom. The van der Waals surface area contributed by atoms with Gasteiger partial charge >= 0.3 is 0 Å². The number of aryl methyl sites for hydroxylation is 1. The molecule has 0 aliphatic carbocycles. The minimum atomic E-state index is -0.302. The van der Waals surface area contributed by atoms with Gasteiger partial charge in [0.15, 0.2) is 0 Å². The van der Waals surface area contributed by atoms with Crippen LogP contribution in [0.25, 0.3) is 0 Å². The number of hydrogen-bond donors (Lipinski definition) is 1. The highest BCUT2D eigenvalue weighted by atomic mass is 16.5. The maximum atomic E-state index is 10.1. The molecular weight excluding hydrogens is 214 g/mol. The van der Waals surface area contributed by atoms with Crippen LogP contribution in [0.4, 0.5) is 5.69 Å². The van der Waals surface area contributed by atoms with Gasteiger partial charge < -0.3 is 14.7 Å². The maximum absolute atomic E-state index is 10.1. The molecule has 0 spiro atoms. The average Bonchev–Trinajstić information content (AvgIpc) is 2.83. The minimum absolute atomic E-state index is 0.294. The lowest BCUT2D eigenvalue weighted by Gasteiger charge is -2.25. The highest BCUT2D eigenvalue weighted by molar-refractivity contribution is 5.46. The first-order chi connectivity index (χ1) is 8.16. The fourth-order valence-corrected chi connectivity index (χ4v) is 2.19. The van der Waals surface area contributed by atoms with Gasteiger partial charge in [-0.05, 0) is 25.5 Å². The van der Waals surface area contributed by atoms with Gasteiger partial charge in [0, 0.05) is 31.8 Å². The third-order valence-corrected chi connectivity index (χ3v) is 3.44. The summed E-state index contributed by atoms with van der Waals surface area (Å²) in [6.07, 6.45) is 0.673. The highest BCUT2D eigenvalue weighted by Crippen LogP contribution is 2.20. The van der Waals surface area contributed by atoms with E-state index in [-0.39, 0.29) is 6.10 Å². The number of rotatable bonds is 4. The molecule has 0 radical (unpaired) electrons. The third-order valence-electron chi connectivity index (χ3n) is 3.44.